The van der Waals surface area contributed by atoms with Crippen molar-refractivity contribution in [3.8, 4) is 0 Å². The maximum absolute atomic E-state index is 11.8. The van der Waals surface area contributed by atoms with Crippen molar-refractivity contribution in [3.63, 3.8) is 0 Å². The van der Waals surface area contributed by atoms with Gasteiger partial charge in [0.25, 0.3) is 0 Å². The lowest BCUT2D eigenvalue weighted by atomic mass is 10.1. The molecule has 0 bridgehead atoms. The second kappa shape index (κ2) is 7.22. The number of rotatable bonds is 8. The molecular formula is C17H22N4O. The zero-order valence-electron chi connectivity index (χ0n) is 12.7. The van der Waals surface area contributed by atoms with E-state index >= 15 is 0 Å². The third kappa shape index (κ3) is 4.70. The van der Waals surface area contributed by atoms with Crippen molar-refractivity contribution in [2.45, 2.75) is 25.9 Å². The van der Waals surface area contributed by atoms with E-state index in [4.69, 9.17) is 0 Å². The second-order valence-corrected chi connectivity index (χ2v) is 5.87. The number of carbonyl (C=O) groups excluding carboxylic acids is 1. The number of amides is 1. The Morgan fingerprint density at radius 1 is 1.27 bits per heavy atom. The largest absolute Gasteiger partial charge is 0.351 e. The number of hydrogen-bond donors (Lipinski definition) is 2. The van der Waals surface area contributed by atoms with Crippen LogP contribution in [0, 0.1) is 5.92 Å². The van der Waals surface area contributed by atoms with Gasteiger partial charge in [-0.2, -0.15) is 5.10 Å². The first-order valence-electron chi connectivity index (χ1n) is 7.82. The van der Waals surface area contributed by atoms with Gasteiger partial charge in [-0.05, 0) is 42.5 Å². The molecule has 0 radical (unpaired) electrons. The number of aromatic nitrogens is 2. The standard InChI is InChI=1S/C17H22N4O/c22-17(12-18-10-14-5-6-14)19-11-15-3-1-4-16(9-15)13-21-8-2-7-20-21/h1-4,7-9,14,18H,5-6,10-13H2,(H,19,22). The molecule has 1 amide bonds. The van der Waals surface area contributed by atoms with E-state index in [2.05, 4.69) is 27.9 Å². The van der Waals surface area contributed by atoms with Gasteiger partial charge < -0.3 is 10.6 Å². The zero-order chi connectivity index (χ0) is 15.2. The van der Waals surface area contributed by atoms with Gasteiger partial charge in [0.1, 0.15) is 0 Å². The van der Waals surface area contributed by atoms with Crippen molar-refractivity contribution in [2.75, 3.05) is 13.1 Å². The van der Waals surface area contributed by atoms with Gasteiger partial charge in [0.2, 0.25) is 5.91 Å². The van der Waals surface area contributed by atoms with Crippen molar-refractivity contribution in [1.82, 2.24) is 20.4 Å². The Kier molecular flexibility index (Phi) is 4.85. The number of nitrogens with zero attached hydrogens (tertiary/aromatic N) is 2. The molecular weight excluding hydrogens is 276 g/mol. The minimum atomic E-state index is 0.0538. The van der Waals surface area contributed by atoms with E-state index in [-0.39, 0.29) is 5.91 Å². The lowest BCUT2D eigenvalue weighted by molar-refractivity contribution is -0.120. The summed E-state index contributed by atoms with van der Waals surface area (Å²) in [6.45, 7) is 2.69. The molecule has 3 rings (SSSR count). The Hall–Kier alpha value is -2.14. The summed E-state index contributed by atoms with van der Waals surface area (Å²) in [6.07, 6.45) is 6.33. The highest BCUT2D eigenvalue weighted by Crippen LogP contribution is 2.27. The van der Waals surface area contributed by atoms with E-state index in [0.29, 0.717) is 13.1 Å². The lowest BCUT2D eigenvalue weighted by Crippen LogP contribution is -2.34. The molecule has 1 aromatic carbocycles. The molecule has 0 saturated heterocycles. The predicted octanol–water partition coefficient (Wildman–Crippen LogP) is 1.55. The van der Waals surface area contributed by atoms with Crippen LogP contribution in [0.1, 0.15) is 24.0 Å². The van der Waals surface area contributed by atoms with E-state index in [1.165, 1.54) is 18.4 Å². The average Bonchev–Trinajstić information content (AvgIpc) is 3.21. The van der Waals surface area contributed by atoms with Crippen LogP contribution in [0.5, 0.6) is 0 Å². The molecule has 5 nitrogen and oxygen atoms in total. The summed E-state index contributed by atoms with van der Waals surface area (Å²) in [7, 11) is 0. The summed E-state index contributed by atoms with van der Waals surface area (Å²) in [6, 6.07) is 10.2. The van der Waals surface area contributed by atoms with Crippen LogP contribution >= 0.6 is 0 Å². The highest BCUT2D eigenvalue weighted by atomic mass is 16.1. The van der Waals surface area contributed by atoms with Crippen LogP contribution in [-0.2, 0) is 17.9 Å². The molecule has 2 aromatic rings. The van der Waals surface area contributed by atoms with E-state index in [1.807, 2.05) is 29.1 Å². The minimum absolute atomic E-state index is 0.0538. The molecule has 0 spiro atoms. The first kappa shape index (κ1) is 14.8. The third-order valence-corrected chi connectivity index (χ3v) is 3.80. The van der Waals surface area contributed by atoms with Crippen LogP contribution in [0.15, 0.2) is 42.7 Å². The van der Waals surface area contributed by atoms with Gasteiger partial charge in [0.15, 0.2) is 0 Å². The van der Waals surface area contributed by atoms with Crippen LogP contribution in [-0.4, -0.2) is 28.8 Å². The summed E-state index contributed by atoms with van der Waals surface area (Å²) >= 11 is 0. The molecule has 1 fully saturated rings. The normalized spacial score (nSPS) is 14.0. The van der Waals surface area contributed by atoms with Crippen molar-refractivity contribution in [2.24, 2.45) is 5.92 Å². The molecule has 22 heavy (non-hydrogen) atoms. The molecule has 1 aromatic heterocycles. The maximum atomic E-state index is 11.8. The minimum Gasteiger partial charge on any atom is -0.351 e. The Morgan fingerprint density at radius 2 is 2.14 bits per heavy atom. The van der Waals surface area contributed by atoms with E-state index in [0.717, 1.165) is 24.6 Å². The topological polar surface area (TPSA) is 59.0 Å². The maximum Gasteiger partial charge on any atom is 0.234 e. The van der Waals surface area contributed by atoms with Crippen LogP contribution in [0.2, 0.25) is 0 Å². The van der Waals surface area contributed by atoms with Gasteiger partial charge in [-0.15, -0.1) is 0 Å². The van der Waals surface area contributed by atoms with Gasteiger partial charge in [-0.25, -0.2) is 0 Å². The SMILES string of the molecule is O=C(CNCC1CC1)NCc1cccc(Cn2cccn2)c1. The van der Waals surface area contributed by atoms with Crippen LogP contribution in [0.4, 0.5) is 0 Å². The Labute approximate surface area is 130 Å². The molecule has 1 aliphatic rings. The van der Waals surface area contributed by atoms with E-state index in [9.17, 15) is 4.79 Å². The van der Waals surface area contributed by atoms with Gasteiger partial charge in [-0.1, -0.05) is 24.3 Å². The predicted molar refractivity (Wildman–Crippen MR) is 85.2 cm³/mol. The highest BCUT2D eigenvalue weighted by Gasteiger charge is 2.20. The molecule has 116 valence electrons. The lowest BCUT2D eigenvalue weighted by Gasteiger charge is -2.08. The molecule has 0 aliphatic heterocycles. The fourth-order valence-corrected chi connectivity index (χ4v) is 2.39. The first-order valence-corrected chi connectivity index (χ1v) is 7.82. The van der Waals surface area contributed by atoms with Gasteiger partial charge in [0.05, 0.1) is 13.1 Å². The van der Waals surface area contributed by atoms with Crippen molar-refractivity contribution >= 4 is 5.91 Å². The monoisotopic (exact) mass is 298 g/mol. The van der Waals surface area contributed by atoms with Gasteiger partial charge in [0, 0.05) is 18.9 Å². The highest BCUT2D eigenvalue weighted by molar-refractivity contribution is 5.77. The van der Waals surface area contributed by atoms with Crippen LogP contribution < -0.4 is 10.6 Å². The quantitative estimate of drug-likeness (QED) is 0.777. The summed E-state index contributed by atoms with van der Waals surface area (Å²) < 4.78 is 1.89. The van der Waals surface area contributed by atoms with Crippen molar-refractivity contribution < 1.29 is 4.79 Å². The number of carbonyl (C=O) groups is 1. The number of nitrogens with one attached hydrogen (secondary N) is 2. The molecule has 1 aliphatic carbocycles. The fraction of sp³-hybridized carbons (Fsp3) is 0.412. The molecule has 2 N–H and O–H groups in total. The summed E-state index contributed by atoms with van der Waals surface area (Å²) in [4.78, 5) is 11.8. The van der Waals surface area contributed by atoms with E-state index in [1.54, 1.807) is 6.20 Å². The molecule has 0 unspecified atom stereocenters. The average molecular weight is 298 g/mol. The zero-order valence-corrected chi connectivity index (χ0v) is 12.7. The second-order valence-electron chi connectivity index (χ2n) is 5.87. The Bertz CT molecular complexity index is 605. The smallest absolute Gasteiger partial charge is 0.234 e. The third-order valence-electron chi connectivity index (χ3n) is 3.80. The Morgan fingerprint density at radius 3 is 2.91 bits per heavy atom. The van der Waals surface area contributed by atoms with Crippen LogP contribution in [0.25, 0.3) is 0 Å². The molecule has 0 atom stereocenters. The molecule has 1 saturated carbocycles. The summed E-state index contributed by atoms with van der Waals surface area (Å²) in [5, 5.41) is 10.4. The summed E-state index contributed by atoms with van der Waals surface area (Å²) in [5.41, 5.74) is 2.29. The molecule has 5 heteroatoms. The number of benzene rings is 1. The summed E-state index contributed by atoms with van der Waals surface area (Å²) in [5.74, 6) is 0.852. The van der Waals surface area contributed by atoms with Crippen LogP contribution in [0.3, 0.4) is 0 Å². The fourth-order valence-electron chi connectivity index (χ4n) is 2.39. The van der Waals surface area contributed by atoms with Gasteiger partial charge in [-0.3, -0.25) is 9.48 Å². The van der Waals surface area contributed by atoms with Crippen molar-refractivity contribution in [3.05, 3.63) is 53.9 Å². The molecule has 1 heterocycles. The van der Waals surface area contributed by atoms with Gasteiger partial charge >= 0.3 is 0 Å². The van der Waals surface area contributed by atoms with E-state index < -0.39 is 0 Å². The Balaban J connectivity index is 1.44. The number of hydrogen-bond acceptors (Lipinski definition) is 3. The first-order chi connectivity index (χ1) is 10.8. The van der Waals surface area contributed by atoms with Crippen molar-refractivity contribution in [1.29, 1.82) is 0 Å².